The fourth-order valence-electron chi connectivity index (χ4n) is 0.761. The molecule has 74 valence electrons. The molecular formula is C9H21NO2. The lowest BCUT2D eigenvalue weighted by molar-refractivity contribution is 0.0920. The maximum absolute atomic E-state index is 8.42. The molecule has 0 aliphatic carbocycles. The maximum atomic E-state index is 8.42. The average Bonchev–Trinajstić information content (AvgIpc) is 2.03. The van der Waals surface area contributed by atoms with Crippen molar-refractivity contribution < 1.29 is 9.84 Å². The Morgan fingerprint density at radius 2 is 1.92 bits per heavy atom. The summed E-state index contributed by atoms with van der Waals surface area (Å²) >= 11 is 0. The second-order valence-corrected chi connectivity index (χ2v) is 3.32. The van der Waals surface area contributed by atoms with E-state index in [0.29, 0.717) is 25.2 Å². The van der Waals surface area contributed by atoms with Gasteiger partial charge in [-0.05, 0) is 12.8 Å². The summed E-state index contributed by atoms with van der Waals surface area (Å²) in [6.07, 6.45) is 0. The lowest BCUT2D eigenvalue weighted by Gasteiger charge is -2.17. The van der Waals surface area contributed by atoms with Crippen LogP contribution in [0.3, 0.4) is 0 Å². The van der Waals surface area contributed by atoms with Gasteiger partial charge in [-0.2, -0.15) is 0 Å². The molecule has 0 radical (unpaired) electrons. The smallest absolute Gasteiger partial charge is 0.0698 e. The third-order valence-electron chi connectivity index (χ3n) is 1.95. The summed E-state index contributed by atoms with van der Waals surface area (Å²) in [6, 6.07) is 0.530. The zero-order valence-electron chi connectivity index (χ0n) is 8.34. The zero-order valence-corrected chi connectivity index (χ0v) is 8.34. The molecule has 0 rings (SSSR count). The number of ether oxygens (including phenoxy) is 1. The van der Waals surface area contributed by atoms with Gasteiger partial charge in [-0.1, -0.05) is 13.8 Å². The number of hydrogen-bond donors (Lipinski definition) is 2. The van der Waals surface area contributed by atoms with Gasteiger partial charge in [0, 0.05) is 12.6 Å². The fraction of sp³-hybridized carbons (Fsp3) is 1.00. The van der Waals surface area contributed by atoms with Crippen molar-refractivity contribution in [1.29, 1.82) is 0 Å². The molecule has 0 aromatic carbocycles. The SMILES string of the molecule is CC(C)[C@H](C)NCCOCCO. The van der Waals surface area contributed by atoms with E-state index in [1.165, 1.54) is 0 Å². The van der Waals surface area contributed by atoms with Crippen molar-refractivity contribution in [2.75, 3.05) is 26.4 Å². The van der Waals surface area contributed by atoms with Crippen LogP contribution in [-0.2, 0) is 4.74 Å². The third-order valence-corrected chi connectivity index (χ3v) is 1.95. The molecule has 0 amide bonds. The molecule has 3 nitrogen and oxygen atoms in total. The first-order valence-electron chi connectivity index (χ1n) is 4.60. The fourth-order valence-corrected chi connectivity index (χ4v) is 0.761. The summed E-state index contributed by atoms with van der Waals surface area (Å²) in [4.78, 5) is 0. The van der Waals surface area contributed by atoms with Crippen LogP contribution >= 0.6 is 0 Å². The molecule has 0 spiro atoms. The monoisotopic (exact) mass is 175 g/mol. The molecule has 0 saturated carbocycles. The highest BCUT2D eigenvalue weighted by atomic mass is 16.5. The van der Waals surface area contributed by atoms with Crippen LogP contribution in [0.25, 0.3) is 0 Å². The van der Waals surface area contributed by atoms with Crippen LogP contribution in [0.1, 0.15) is 20.8 Å². The summed E-state index contributed by atoms with van der Waals surface area (Å²) in [7, 11) is 0. The Balaban J connectivity index is 3.08. The minimum absolute atomic E-state index is 0.111. The third kappa shape index (κ3) is 6.58. The van der Waals surface area contributed by atoms with Crippen LogP contribution < -0.4 is 5.32 Å². The van der Waals surface area contributed by atoms with Gasteiger partial charge in [0.05, 0.1) is 19.8 Å². The van der Waals surface area contributed by atoms with Gasteiger partial charge in [-0.15, -0.1) is 0 Å². The van der Waals surface area contributed by atoms with Crippen LogP contribution in [0.15, 0.2) is 0 Å². The minimum atomic E-state index is 0.111. The highest BCUT2D eigenvalue weighted by Gasteiger charge is 2.04. The summed E-state index contributed by atoms with van der Waals surface area (Å²) in [5, 5.41) is 11.8. The van der Waals surface area contributed by atoms with Gasteiger partial charge in [0.15, 0.2) is 0 Å². The standard InChI is InChI=1S/C9H21NO2/c1-8(2)9(3)10-4-6-12-7-5-11/h8-11H,4-7H2,1-3H3/t9-/m0/s1. The molecular weight excluding hydrogens is 154 g/mol. The topological polar surface area (TPSA) is 41.5 Å². The molecule has 0 aliphatic heterocycles. The summed E-state index contributed by atoms with van der Waals surface area (Å²) in [5.41, 5.74) is 0. The highest BCUT2D eigenvalue weighted by Crippen LogP contribution is 1.98. The molecule has 2 N–H and O–H groups in total. The number of aliphatic hydroxyl groups excluding tert-OH is 1. The van der Waals surface area contributed by atoms with Gasteiger partial charge in [0.1, 0.15) is 0 Å². The first-order valence-corrected chi connectivity index (χ1v) is 4.60. The van der Waals surface area contributed by atoms with Crippen molar-refractivity contribution in [1.82, 2.24) is 5.32 Å². The predicted octanol–water partition coefficient (Wildman–Crippen LogP) is 0.629. The molecule has 0 bridgehead atoms. The second kappa shape index (κ2) is 7.53. The van der Waals surface area contributed by atoms with E-state index >= 15 is 0 Å². The minimum Gasteiger partial charge on any atom is -0.394 e. The van der Waals surface area contributed by atoms with Crippen LogP contribution in [0.2, 0.25) is 0 Å². The lowest BCUT2D eigenvalue weighted by atomic mass is 10.1. The first kappa shape index (κ1) is 11.9. The van der Waals surface area contributed by atoms with E-state index in [1.807, 2.05) is 0 Å². The quantitative estimate of drug-likeness (QED) is 0.558. The van der Waals surface area contributed by atoms with E-state index in [9.17, 15) is 0 Å². The van der Waals surface area contributed by atoms with Gasteiger partial charge < -0.3 is 15.2 Å². The van der Waals surface area contributed by atoms with Crippen molar-refractivity contribution in [2.45, 2.75) is 26.8 Å². The second-order valence-electron chi connectivity index (χ2n) is 3.32. The molecule has 0 aromatic heterocycles. The molecule has 0 unspecified atom stereocenters. The predicted molar refractivity (Wildman–Crippen MR) is 50.2 cm³/mol. The number of nitrogens with one attached hydrogen (secondary N) is 1. The Bertz CT molecular complexity index is 96.5. The summed E-state index contributed by atoms with van der Waals surface area (Å²) in [5.74, 6) is 0.655. The van der Waals surface area contributed by atoms with Gasteiger partial charge in [0.2, 0.25) is 0 Å². The van der Waals surface area contributed by atoms with Crippen molar-refractivity contribution >= 4 is 0 Å². The van der Waals surface area contributed by atoms with Gasteiger partial charge in [0.25, 0.3) is 0 Å². The van der Waals surface area contributed by atoms with E-state index in [2.05, 4.69) is 26.1 Å². The average molecular weight is 175 g/mol. The molecule has 0 aliphatic rings. The van der Waals surface area contributed by atoms with Crippen molar-refractivity contribution in [3.05, 3.63) is 0 Å². The lowest BCUT2D eigenvalue weighted by Crippen LogP contribution is -2.33. The maximum Gasteiger partial charge on any atom is 0.0698 e. The highest BCUT2D eigenvalue weighted by molar-refractivity contribution is 4.63. The van der Waals surface area contributed by atoms with E-state index in [4.69, 9.17) is 9.84 Å². The molecule has 3 heteroatoms. The van der Waals surface area contributed by atoms with Crippen molar-refractivity contribution in [3.63, 3.8) is 0 Å². The largest absolute Gasteiger partial charge is 0.394 e. The number of rotatable bonds is 7. The van der Waals surface area contributed by atoms with E-state index in [-0.39, 0.29) is 6.61 Å². The van der Waals surface area contributed by atoms with Gasteiger partial charge in [-0.3, -0.25) is 0 Å². The molecule has 0 aromatic rings. The molecule has 0 saturated heterocycles. The molecule has 0 fully saturated rings. The molecule has 1 atom stereocenters. The van der Waals surface area contributed by atoms with E-state index < -0.39 is 0 Å². The van der Waals surface area contributed by atoms with Crippen LogP contribution in [0.5, 0.6) is 0 Å². The van der Waals surface area contributed by atoms with Crippen LogP contribution in [-0.4, -0.2) is 37.5 Å². The molecule has 12 heavy (non-hydrogen) atoms. The zero-order chi connectivity index (χ0) is 9.40. The van der Waals surface area contributed by atoms with Gasteiger partial charge >= 0.3 is 0 Å². The Hall–Kier alpha value is -0.120. The first-order chi connectivity index (χ1) is 5.68. The normalized spacial score (nSPS) is 13.8. The van der Waals surface area contributed by atoms with Crippen molar-refractivity contribution in [3.8, 4) is 0 Å². The van der Waals surface area contributed by atoms with Gasteiger partial charge in [-0.25, -0.2) is 0 Å². The van der Waals surface area contributed by atoms with E-state index in [1.54, 1.807) is 0 Å². The van der Waals surface area contributed by atoms with Crippen molar-refractivity contribution in [2.24, 2.45) is 5.92 Å². The number of aliphatic hydroxyl groups is 1. The molecule has 0 heterocycles. The summed E-state index contributed by atoms with van der Waals surface area (Å²) in [6.45, 7) is 8.63. The Labute approximate surface area is 75.1 Å². The van der Waals surface area contributed by atoms with Crippen LogP contribution in [0.4, 0.5) is 0 Å². The Morgan fingerprint density at radius 3 is 2.42 bits per heavy atom. The van der Waals surface area contributed by atoms with E-state index in [0.717, 1.165) is 6.54 Å². The van der Waals surface area contributed by atoms with Crippen LogP contribution in [0, 0.1) is 5.92 Å². The Morgan fingerprint density at radius 1 is 1.25 bits per heavy atom. The summed E-state index contributed by atoms with van der Waals surface area (Å²) < 4.78 is 5.10. The number of hydrogen-bond acceptors (Lipinski definition) is 3. The Kier molecular flexibility index (Phi) is 7.45.